The molecule has 0 radical (unpaired) electrons. The van der Waals surface area contributed by atoms with Crippen LogP contribution in [0.25, 0.3) is 0 Å². The molecule has 16 heavy (non-hydrogen) atoms. The molecule has 1 heterocycles. The first-order valence-corrected chi connectivity index (χ1v) is 7.19. The van der Waals surface area contributed by atoms with E-state index in [0.29, 0.717) is 6.04 Å². The van der Waals surface area contributed by atoms with E-state index >= 15 is 0 Å². The average Bonchev–Trinajstić information content (AvgIpc) is 2.19. The van der Waals surface area contributed by atoms with Crippen LogP contribution in [0.2, 0.25) is 0 Å². The number of halogens is 2. The van der Waals surface area contributed by atoms with Crippen molar-refractivity contribution < 1.29 is 0 Å². The second-order valence-corrected chi connectivity index (χ2v) is 6.08. The first-order valence-electron chi connectivity index (χ1n) is 5.60. The van der Waals surface area contributed by atoms with E-state index in [1.807, 2.05) is 12.1 Å². The number of rotatable bonds is 1. The Morgan fingerprint density at radius 1 is 1.25 bits per heavy atom. The van der Waals surface area contributed by atoms with E-state index < -0.39 is 0 Å². The molecule has 2 rings (SSSR count). The summed E-state index contributed by atoms with van der Waals surface area (Å²) < 4.78 is 2.15. The van der Waals surface area contributed by atoms with Crippen molar-refractivity contribution in [2.75, 3.05) is 17.2 Å². The van der Waals surface area contributed by atoms with Gasteiger partial charge >= 0.3 is 0 Å². The van der Waals surface area contributed by atoms with Gasteiger partial charge in [0.1, 0.15) is 0 Å². The highest BCUT2D eigenvalue weighted by molar-refractivity contribution is 9.11. The number of anilines is 2. The minimum Gasteiger partial charge on any atom is -0.399 e. The lowest BCUT2D eigenvalue weighted by Gasteiger charge is -2.36. The minimum absolute atomic E-state index is 0.602. The smallest absolute Gasteiger partial charge is 0.0658 e. The summed E-state index contributed by atoms with van der Waals surface area (Å²) in [6, 6.07) is 4.55. The molecule has 1 aromatic carbocycles. The fourth-order valence-corrected chi connectivity index (χ4v) is 3.97. The second-order valence-electron chi connectivity index (χ2n) is 4.37. The highest BCUT2D eigenvalue weighted by Gasteiger charge is 2.22. The number of piperidine rings is 1. The molecule has 0 bridgehead atoms. The maximum Gasteiger partial charge on any atom is 0.0658 e. The van der Waals surface area contributed by atoms with E-state index in [4.69, 9.17) is 5.73 Å². The molecule has 1 saturated heterocycles. The lowest BCUT2D eigenvalue weighted by atomic mass is 10.0. The highest BCUT2D eigenvalue weighted by atomic mass is 79.9. The van der Waals surface area contributed by atoms with Crippen molar-refractivity contribution in [1.29, 1.82) is 0 Å². The normalized spacial score (nSPS) is 21.2. The summed E-state index contributed by atoms with van der Waals surface area (Å²) in [7, 11) is 0. The Bertz CT molecular complexity index is 370. The Labute approximate surface area is 113 Å². The van der Waals surface area contributed by atoms with E-state index in [2.05, 4.69) is 43.7 Å². The Morgan fingerprint density at radius 2 is 1.88 bits per heavy atom. The maximum absolute atomic E-state index is 5.81. The fraction of sp³-hybridized carbons (Fsp3) is 0.500. The Kier molecular flexibility index (Phi) is 3.80. The topological polar surface area (TPSA) is 29.3 Å². The summed E-state index contributed by atoms with van der Waals surface area (Å²) in [6.45, 7) is 3.41. The van der Waals surface area contributed by atoms with E-state index in [9.17, 15) is 0 Å². The Hall–Kier alpha value is -0.220. The zero-order chi connectivity index (χ0) is 11.7. The maximum atomic E-state index is 5.81. The molecule has 1 atom stereocenters. The van der Waals surface area contributed by atoms with E-state index in [-0.39, 0.29) is 0 Å². The molecular weight excluding hydrogens is 332 g/mol. The zero-order valence-electron chi connectivity index (χ0n) is 9.34. The van der Waals surface area contributed by atoms with Crippen LogP contribution < -0.4 is 10.6 Å². The number of hydrogen-bond donors (Lipinski definition) is 1. The highest BCUT2D eigenvalue weighted by Crippen LogP contribution is 2.39. The van der Waals surface area contributed by atoms with Gasteiger partial charge in [0.05, 0.1) is 5.69 Å². The molecule has 1 aliphatic rings. The molecule has 1 aromatic rings. The second kappa shape index (κ2) is 4.96. The van der Waals surface area contributed by atoms with E-state index in [1.54, 1.807) is 0 Å². The summed E-state index contributed by atoms with van der Waals surface area (Å²) in [4.78, 5) is 2.46. The fourth-order valence-electron chi connectivity index (χ4n) is 2.29. The molecule has 4 heteroatoms. The van der Waals surface area contributed by atoms with Gasteiger partial charge in [0.15, 0.2) is 0 Å². The molecule has 2 nitrogen and oxygen atoms in total. The summed E-state index contributed by atoms with van der Waals surface area (Å²) in [5, 5.41) is 0. The Balaban J connectivity index is 2.38. The van der Waals surface area contributed by atoms with Gasteiger partial charge < -0.3 is 10.6 Å². The van der Waals surface area contributed by atoms with Gasteiger partial charge in [0, 0.05) is 27.2 Å². The van der Waals surface area contributed by atoms with Crippen molar-refractivity contribution in [1.82, 2.24) is 0 Å². The van der Waals surface area contributed by atoms with Gasteiger partial charge in [0.25, 0.3) is 0 Å². The van der Waals surface area contributed by atoms with Crippen LogP contribution in [0, 0.1) is 0 Å². The molecule has 0 unspecified atom stereocenters. The summed E-state index contributed by atoms with van der Waals surface area (Å²) in [5.74, 6) is 0. The van der Waals surface area contributed by atoms with Gasteiger partial charge in [0.2, 0.25) is 0 Å². The van der Waals surface area contributed by atoms with Crippen LogP contribution in [0.4, 0.5) is 11.4 Å². The lowest BCUT2D eigenvalue weighted by Crippen LogP contribution is -2.37. The monoisotopic (exact) mass is 346 g/mol. The minimum atomic E-state index is 0.602. The van der Waals surface area contributed by atoms with E-state index in [1.165, 1.54) is 24.9 Å². The molecule has 1 aliphatic heterocycles. The molecule has 2 N–H and O–H groups in total. The van der Waals surface area contributed by atoms with Crippen LogP contribution in [0.1, 0.15) is 26.2 Å². The SMILES string of the molecule is C[C@H]1CCCCN1c1c(Br)cc(N)cc1Br. The van der Waals surface area contributed by atoms with E-state index in [0.717, 1.165) is 21.2 Å². The molecule has 0 amide bonds. The van der Waals surface area contributed by atoms with Gasteiger partial charge in [-0.25, -0.2) is 0 Å². The number of nitrogens with two attached hydrogens (primary N) is 1. The third kappa shape index (κ3) is 2.38. The number of nitrogen functional groups attached to an aromatic ring is 1. The molecule has 0 saturated carbocycles. The van der Waals surface area contributed by atoms with Gasteiger partial charge in [-0.15, -0.1) is 0 Å². The molecule has 0 aromatic heterocycles. The molecule has 1 fully saturated rings. The van der Waals surface area contributed by atoms with Crippen LogP contribution in [-0.2, 0) is 0 Å². The Morgan fingerprint density at radius 3 is 2.44 bits per heavy atom. The van der Waals surface area contributed by atoms with Crippen molar-refractivity contribution >= 4 is 43.2 Å². The van der Waals surface area contributed by atoms with Crippen molar-refractivity contribution in [2.24, 2.45) is 0 Å². The van der Waals surface area contributed by atoms with Crippen molar-refractivity contribution in [2.45, 2.75) is 32.2 Å². The van der Waals surface area contributed by atoms with Crippen LogP contribution in [-0.4, -0.2) is 12.6 Å². The van der Waals surface area contributed by atoms with Crippen LogP contribution >= 0.6 is 31.9 Å². The summed E-state index contributed by atoms with van der Waals surface area (Å²) in [6.07, 6.45) is 3.87. The lowest BCUT2D eigenvalue weighted by molar-refractivity contribution is 0.484. The van der Waals surface area contributed by atoms with Crippen LogP contribution in [0.3, 0.4) is 0 Å². The number of hydrogen-bond acceptors (Lipinski definition) is 2. The molecule has 88 valence electrons. The van der Waals surface area contributed by atoms with Gasteiger partial charge in [-0.2, -0.15) is 0 Å². The van der Waals surface area contributed by atoms with Gasteiger partial charge in [-0.1, -0.05) is 0 Å². The predicted octanol–water partition coefficient (Wildman–Crippen LogP) is 4.17. The summed E-state index contributed by atoms with van der Waals surface area (Å²) in [5.41, 5.74) is 7.84. The standard InChI is InChI=1S/C12H16Br2N2/c1-8-4-2-3-5-16(8)12-10(13)6-9(15)7-11(12)14/h6-8H,2-5,15H2,1H3/t8-/m0/s1. The molecular formula is C12H16Br2N2. The third-order valence-corrected chi connectivity index (χ3v) is 4.34. The van der Waals surface area contributed by atoms with Crippen molar-refractivity contribution in [3.05, 3.63) is 21.1 Å². The zero-order valence-corrected chi connectivity index (χ0v) is 12.5. The van der Waals surface area contributed by atoms with Crippen molar-refractivity contribution in [3.8, 4) is 0 Å². The first-order chi connectivity index (χ1) is 7.59. The molecule has 0 aliphatic carbocycles. The van der Waals surface area contributed by atoms with Gasteiger partial charge in [-0.05, 0) is 70.2 Å². The predicted molar refractivity (Wildman–Crippen MR) is 76.9 cm³/mol. The molecule has 0 spiro atoms. The van der Waals surface area contributed by atoms with Crippen LogP contribution in [0.15, 0.2) is 21.1 Å². The first kappa shape index (κ1) is 12.2. The third-order valence-electron chi connectivity index (χ3n) is 3.13. The number of nitrogens with zero attached hydrogens (tertiary/aromatic N) is 1. The largest absolute Gasteiger partial charge is 0.399 e. The van der Waals surface area contributed by atoms with Gasteiger partial charge in [-0.3, -0.25) is 0 Å². The quantitative estimate of drug-likeness (QED) is 0.772. The van der Waals surface area contributed by atoms with Crippen molar-refractivity contribution in [3.63, 3.8) is 0 Å². The summed E-state index contributed by atoms with van der Waals surface area (Å²) >= 11 is 7.22. The average molecular weight is 348 g/mol. The van der Waals surface area contributed by atoms with Crippen LogP contribution in [0.5, 0.6) is 0 Å². The number of benzene rings is 1.